The van der Waals surface area contributed by atoms with Gasteiger partial charge in [0.15, 0.2) is 0 Å². The van der Waals surface area contributed by atoms with E-state index in [0.717, 1.165) is 12.8 Å². The van der Waals surface area contributed by atoms with Crippen molar-refractivity contribution in [2.24, 2.45) is 5.92 Å². The number of amides is 1. The number of hydrogen-bond acceptors (Lipinski definition) is 4. The van der Waals surface area contributed by atoms with Crippen molar-refractivity contribution < 1.29 is 9.90 Å². The number of aromatic nitrogens is 3. The lowest BCUT2D eigenvalue weighted by molar-refractivity contribution is 0.0894. The van der Waals surface area contributed by atoms with Crippen molar-refractivity contribution in [2.45, 2.75) is 44.6 Å². The van der Waals surface area contributed by atoms with E-state index >= 15 is 0 Å². The van der Waals surface area contributed by atoms with Crippen LogP contribution in [0.25, 0.3) is 5.82 Å². The topological polar surface area (TPSA) is 80.0 Å². The van der Waals surface area contributed by atoms with Crippen LogP contribution in [0.3, 0.4) is 0 Å². The first-order valence-electron chi connectivity index (χ1n) is 8.65. The summed E-state index contributed by atoms with van der Waals surface area (Å²) in [5.41, 5.74) is 0.389. The van der Waals surface area contributed by atoms with Gasteiger partial charge in [0.25, 0.3) is 5.91 Å². The first kappa shape index (κ1) is 16.6. The average Bonchev–Trinajstić information content (AvgIpc) is 3.17. The zero-order valence-electron chi connectivity index (χ0n) is 13.8. The zero-order chi connectivity index (χ0) is 16.8. The lowest BCUT2D eigenvalue weighted by atomic mass is 9.82. The maximum Gasteiger partial charge on any atom is 0.270 e. The first-order valence-corrected chi connectivity index (χ1v) is 8.65. The number of pyridine rings is 1. The van der Waals surface area contributed by atoms with E-state index < -0.39 is 0 Å². The molecule has 0 saturated heterocycles. The second-order valence-electron chi connectivity index (χ2n) is 6.34. The van der Waals surface area contributed by atoms with Gasteiger partial charge >= 0.3 is 0 Å². The van der Waals surface area contributed by atoms with E-state index in [0.29, 0.717) is 23.9 Å². The molecule has 1 saturated carbocycles. The minimum Gasteiger partial charge on any atom is -0.396 e. The molecular formula is C18H24N4O2. The van der Waals surface area contributed by atoms with E-state index in [1.54, 1.807) is 29.4 Å². The Hall–Kier alpha value is -2.21. The fourth-order valence-corrected chi connectivity index (χ4v) is 3.43. The number of aliphatic hydroxyl groups is 1. The molecule has 2 aromatic heterocycles. The Morgan fingerprint density at radius 3 is 2.88 bits per heavy atom. The van der Waals surface area contributed by atoms with E-state index in [2.05, 4.69) is 15.3 Å². The minimum atomic E-state index is -0.180. The van der Waals surface area contributed by atoms with Gasteiger partial charge in [-0.2, -0.15) is 0 Å². The third-order valence-electron chi connectivity index (χ3n) is 4.71. The molecule has 6 nitrogen and oxygen atoms in total. The molecule has 0 spiro atoms. The minimum absolute atomic E-state index is 0.0153. The molecule has 0 aromatic carbocycles. The highest BCUT2D eigenvalue weighted by Crippen LogP contribution is 2.27. The Morgan fingerprint density at radius 2 is 2.17 bits per heavy atom. The van der Waals surface area contributed by atoms with Gasteiger partial charge in [-0.3, -0.25) is 9.36 Å². The molecule has 128 valence electrons. The van der Waals surface area contributed by atoms with Crippen molar-refractivity contribution in [3.63, 3.8) is 0 Å². The second-order valence-corrected chi connectivity index (χ2v) is 6.34. The van der Waals surface area contributed by atoms with Gasteiger partial charge in [-0.25, -0.2) is 9.97 Å². The fourth-order valence-electron chi connectivity index (χ4n) is 3.43. The number of imidazole rings is 1. The fraction of sp³-hybridized carbons (Fsp3) is 0.500. The molecule has 1 aliphatic rings. The SMILES string of the molecule is O=C(NC(CCO)C1CCCCC1)c1cccc(-n2ccnc2)n1. The lowest BCUT2D eigenvalue weighted by Gasteiger charge is -2.30. The number of carbonyl (C=O) groups excluding carboxylic acids is 1. The predicted octanol–water partition coefficient (Wildman–Crippen LogP) is 2.33. The van der Waals surface area contributed by atoms with Crippen molar-refractivity contribution in [1.82, 2.24) is 19.9 Å². The van der Waals surface area contributed by atoms with Crippen molar-refractivity contribution in [3.8, 4) is 5.82 Å². The van der Waals surface area contributed by atoms with Crippen molar-refractivity contribution in [1.29, 1.82) is 0 Å². The maximum absolute atomic E-state index is 12.6. The molecule has 2 N–H and O–H groups in total. The van der Waals surface area contributed by atoms with Crippen LogP contribution in [-0.4, -0.2) is 38.2 Å². The molecule has 3 rings (SSSR count). The Labute approximate surface area is 141 Å². The molecule has 0 aliphatic heterocycles. The molecule has 2 aromatic rings. The highest BCUT2D eigenvalue weighted by atomic mass is 16.3. The van der Waals surface area contributed by atoms with Gasteiger partial charge in [0.2, 0.25) is 0 Å². The lowest BCUT2D eigenvalue weighted by Crippen LogP contribution is -2.42. The highest BCUT2D eigenvalue weighted by molar-refractivity contribution is 5.92. The molecule has 1 unspecified atom stereocenters. The van der Waals surface area contributed by atoms with Crippen molar-refractivity contribution >= 4 is 5.91 Å². The molecule has 1 amide bonds. The van der Waals surface area contributed by atoms with Crippen LogP contribution >= 0.6 is 0 Å². The summed E-state index contributed by atoms with van der Waals surface area (Å²) in [7, 11) is 0. The average molecular weight is 328 g/mol. The highest BCUT2D eigenvalue weighted by Gasteiger charge is 2.25. The van der Waals surface area contributed by atoms with Crippen LogP contribution < -0.4 is 5.32 Å². The van der Waals surface area contributed by atoms with E-state index in [-0.39, 0.29) is 18.6 Å². The van der Waals surface area contributed by atoms with Gasteiger partial charge in [0.05, 0.1) is 0 Å². The van der Waals surface area contributed by atoms with E-state index in [9.17, 15) is 9.90 Å². The van der Waals surface area contributed by atoms with Crippen LogP contribution in [0.2, 0.25) is 0 Å². The van der Waals surface area contributed by atoms with Gasteiger partial charge in [-0.1, -0.05) is 25.3 Å². The van der Waals surface area contributed by atoms with Crippen molar-refractivity contribution in [3.05, 3.63) is 42.6 Å². The Kier molecular flexibility index (Phi) is 5.59. The zero-order valence-corrected chi connectivity index (χ0v) is 13.8. The third kappa shape index (κ3) is 4.00. The molecular weight excluding hydrogens is 304 g/mol. The Balaban J connectivity index is 1.71. The molecule has 24 heavy (non-hydrogen) atoms. The summed E-state index contributed by atoms with van der Waals surface area (Å²) >= 11 is 0. The van der Waals surface area contributed by atoms with Gasteiger partial charge in [0, 0.05) is 25.0 Å². The molecule has 2 heterocycles. The summed E-state index contributed by atoms with van der Waals surface area (Å²) in [6.07, 6.45) is 11.6. The number of nitrogens with one attached hydrogen (secondary N) is 1. The van der Waals surface area contributed by atoms with Gasteiger partial charge < -0.3 is 10.4 Å². The summed E-state index contributed by atoms with van der Waals surface area (Å²) in [6, 6.07) is 5.39. The predicted molar refractivity (Wildman–Crippen MR) is 90.9 cm³/mol. The number of rotatable bonds is 6. The standard InChI is InChI=1S/C18H24N4O2/c23-12-9-15(14-5-2-1-3-6-14)21-18(24)16-7-4-8-17(20-16)22-11-10-19-13-22/h4,7-8,10-11,13-15,23H,1-3,5-6,9,12H2,(H,21,24). The van der Waals surface area contributed by atoms with Crippen LogP contribution in [0.5, 0.6) is 0 Å². The quantitative estimate of drug-likeness (QED) is 0.853. The van der Waals surface area contributed by atoms with E-state index in [1.165, 1.54) is 19.3 Å². The Morgan fingerprint density at radius 1 is 1.33 bits per heavy atom. The van der Waals surface area contributed by atoms with Crippen LogP contribution in [0, 0.1) is 5.92 Å². The summed E-state index contributed by atoms with van der Waals surface area (Å²) in [5, 5.41) is 12.4. The molecule has 1 aliphatic carbocycles. The van der Waals surface area contributed by atoms with Gasteiger partial charge in [-0.15, -0.1) is 0 Å². The summed E-state index contributed by atoms with van der Waals surface area (Å²) in [4.78, 5) is 21.0. The molecule has 0 bridgehead atoms. The van der Waals surface area contributed by atoms with Crippen LogP contribution in [-0.2, 0) is 0 Å². The largest absolute Gasteiger partial charge is 0.396 e. The number of aliphatic hydroxyl groups excluding tert-OH is 1. The molecule has 1 atom stereocenters. The number of nitrogens with zero attached hydrogens (tertiary/aromatic N) is 3. The molecule has 1 fully saturated rings. The van der Waals surface area contributed by atoms with E-state index in [4.69, 9.17) is 0 Å². The van der Waals surface area contributed by atoms with Crippen LogP contribution in [0.1, 0.15) is 49.0 Å². The van der Waals surface area contributed by atoms with Gasteiger partial charge in [-0.05, 0) is 37.3 Å². The summed E-state index contributed by atoms with van der Waals surface area (Å²) in [6.45, 7) is 0.0873. The maximum atomic E-state index is 12.6. The van der Waals surface area contributed by atoms with Crippen LogP contribution in [0.4, 0.5) is 0 Å². The van der Waals surface area contributed by atoms with Crippen molar-refractivity contribution in [2.75, 3.05) is 6.61 Å². The number of hydrogen-bond donors (Lipinski definition) is 2. The first-order chi connectivity index (χ1) is 11.8. The Bertz CT molecular complexity index is 651. The summed E-state index contributed by atoms with van der Waals surface area (Å²) < 4.78 is 1.77. The summed E-state index contributed by atoms with van der Waals surface area (Å²) in [5.74, 6) is 0.934. The van der Waals surface area contributed by atoms with Crippen LogP contribution in [0.15, 0.2) is 36.9 Å². The molecule has 6 heteroatoms. The third-order valence-corrected chi connectivity index (χ3v) is 4.71. The normalized spacial score (nSPS) is 16.7. The molecule has 0 radical (unpaired) electrons. The smallest absolute Gasteiger partial charge is 0.270 e. The monoisotopic (exact) mass is 328 g/mol. The van der Waals surface area contributed by atoms with Gasteiger partial charge in [0.1, 0.15) is 17.8 Å². The second kappa shape index (κ2) is 8.06. The van der Waals surface area contributed by atoms with E-state index in [1.807, 2.05) is 12.1 Å². The number of carbonyl (C=O) groups is 1.